The summed E-state index contributed by atoms with van der Waals surface area (Å²) in [6.45, 7) is 2.77. The van der Waals surface area contributed by atoms with E-state index in [-0.39, 0.29) is 0 Å². The van der Waals surface area contributed by atoms with Crippen molar-refractivity contribution in [2.75, 3.05) is 7.05 Å². The molecular weight excluding hydrogens is 314 g/mol. The van der Waals surface area contributed by atoms with Crippen molar-refractivity contribution in [2.24, 2.45) is 0 Å². The van der Waals surface area contributed by atoms with Crippen LogP contribution in [-0.4, -0.2) is 7.05 Å². The molecule has 0 spiro atoms. The standard InChI is InChI=1S/C17H20BrNO/c1-3-17(19-2)14-6-10-16(11-7-14)20-12-13-4-8-15(18)9-5-13/h4-11,17,19H,3,12H2,1-2H3. The summed E-state index contributed by atoms with van der Waals surface area (Å²) in [6, 6.07) is 16.9. The van der Waals surface area contributed by atoms with E-state index in [9.17, 15) is 0 Å². The van der Waals surface area contributed by atoms with E-state index in [1.807, 2.05) is 31.3 Å². The SMILES string of the molecule is CCC(NC)c1ccc(OCc2ccc(Br)cc2)cc1. The van der Waals surface area contributed by atoms with Gasteiger partial charge in [0, 0.05) is 10.5 Å². The van der Waals surface area contributed by atoms with Gasteiger partial charge in [0.25, 0.3) is 0 Å². The van der Waals surface area contributed by atoms with Gasteiger partial charge in [-0.15, -0.1) is 0 Å². The van der Waals surface area contributed by atoms with E-state index < -0.39 is 0 Å². The van der Waals surface area contributed by atoms with E-state index in [1.54, 1.807) is 0 Å². The average molecular weight is 334 g/mol. The summed E-state index contributed by atoms with van der Waals surface area (Å²) in [7, 11) is 1.99. The topological polar surface area (TPSA) is 21.3 Å². The molecule has 1 atom stereocenters. The Hall–Kier alpha value is -1.32. The maximum Gasteiger partial charge on any atom is 0.119 e. The van der Waals surface area contributed by atoms with Gasteiger partial charge in [0.2, 0.25) is 0 Å². The normalized spacial score (nSPS) is 12.2. The van der Waals surface area contributed by atoms with Crippen LogP contribution in [-0.2, 0) is 6.61 Å². The second-order valence-corrected chi connectivity index (χ2v) is 5.65. The molecule has 2 aromatic rings. The van der Waals surface area contributed by atoms with Gasteiger partial charge in [0.05, 0.1) is 0 Å². The zero-order valence-corrected chi connectivity index (χ0v) is 13.5. The molecule has 106 valence electrons. The molecule has 0 aliphatic rings. The van der Waals surface area contributed by atoms with Crippen LogP contribution in [0.2, 0.25) is 0 Å². The number of ether oxygens (including phenoxy) is 1. The Morgan fingerprint density at radius 1 is 1.05 bits per heavy atom. The third kappa shape index (κ3) is 4.09. The molecule has 0 fully saturated rings. The Kier molecular flexibility index (Phi) is 5.62. The van der Waals surface area contributed by atoms with Crippen molar-refractivity contribution in [3.63, 3.8) is 0 Å². The Balaban J connectivity index is 1.95. The lowest BCUT2D eigenvalue weighted by Crippen LogP contribution is -2.14. The van der Waals surface area contributed by atoms with Gasteiger partial charge >= 0.3 is 0 Å². The van der Waals surface area contributed by atoms with Crippen LogP contribution in [0, 0.1) is 0 Å². The minimum atomic E-state index is 0.413. The monoisotopic (exact) mass is 333 g/mol. The van der Waals surface area contributed by atoms with Gasteiger partial charge < -0.3 is 10.1 Å². The lowest BCUT2D eigenvalue weighted by molar-refractivity contribution is 0.306. The molecule has 0 saturated heterocycles. The molecule has 0 aromatic heterocycles. The first-order valence-corrected chi connectivity index (χ1v) is 7.66. The van der Waals surface area contributed by atoms with E-state index in [4.69, 9.17) is 4.74 Å². The highest BCUT2D eigenvalue weighted by Gasteiger charge is 2.06. The first-order chi connectivity index (χ1) is 9.72. The quantitative estimate of drug-likeness (QED) is 0.827. The van der Waals surface area contributed by atoms with E-state index >= 15 is 0 Å². The summed E-state index contributed by atoms with van der Waals surface area (Å²) in [5, 5.41) is 3.31. The maximum atomic E-state index is 5.80. The van der Waals surface area contributed by atoms with Gasteiger partial charge in [-0.1, -0.05) is 47.1 Å². The summed E-state index contributed by atoms with van der Waals surface area (Å²) in [4.78, 5) is 0. The summed E-state index contributed by atoms with van der Waals surface area (Å²) in [6.07, 6.45) is 1.08. The van der Waals surface area contributed by atoms with E-state index in [2.05, 4.69) is 52.4 Å². The zero-order valence-electron chi connectivity index (χ0n) is 11.9. The molecule has 0 bridgehead atoms. The van der Waals surface area contributed by atoms with Gasteiger partial charge in [0.1, 0.15) is 12.4 Å². The van der Waals surface area contributed by atoms with Gasteiger partial charge in [0.15, 0.2) is 0 Å². The highest BCUT2D eigenvalue weighted by atomic mass is 79.9. The van der Waals surface area contributed by atoms with Gasteiger partial charge in [-0.25, -0.2) is 0 Å². The molecule has 0 aliphatic carbocycles. The minimum absolute atomic E-state index is 0.413. The summed E-state index contributed by atoms with van der Waals surface area (Å²) >= 11 is 3.43. The highest BCUT2D eigenvalue weighted by Crippen LogP contribution is 2.20. The van der Waals surface area contributed by atoms with Crippen LogP contribution in [0.4, 0.5) is 0 Å². The highest BCUT2D eigenvalue weighted by molar-refractivity contribution is 9.10. The predicted molar refractivity (Wildman–Crippen MR) is 87.0 cm³/mol. The van der Waals surface area contributed by atoms with Crippen LogP contribution < -0.4 is 10.1 Å². The molecule has 0 heterocycles. The summed E-state index contributed by atoms with van der Waals surface area (Å²) in [5.41, 5.74) is 2.46. The van der Waals surface area contributed by atoms with E-state index in [1.165, 1.54) is 11.1 Å². The van der Waals surface area contributed by atoms with Crippen molar-refractivity contribution in [1.82, 2.24) is 5.32 Å². The first kappa shape index (κ1) is 15.1. The van der Waals surface area contributed by atoms with E-state index in [0.717, 1.165) is 16.6 Å². The Morgan fingerprint density at radius 2 is 1.70 bits per heavy atom. The smallest absolute Gasteiger partial charge is 0.119 e. The molecule has 0 aliphatic heterocycles. The van der Waals surface area contributed by atoms with Crippen LogP contribution in [0.3, 0.4) is 0 Å². The zero-order chi connectivity index (χ0) is 14.4. The number of benzene rings is 2. The second kappa shape index (κ2) is 7.46. The molecule has 0 radical (unpaired) electrons. The predicted octanol–water partition coefficient (Wildman–Crippen LogP) is 4.70. The maximum absolute atomic E-state index is 5.80. The molecule has 0 saturated carbocycles. The molecule has 2 nitrogen and oxygen atoms in total. The number of hydrogen-bond acceptors (Lipinski definition) is 2. The molecule has 0 amide bonds. The van der Waals surface area contributed by atoms with Crippen LogP contribution in [0.5, 0.6) is 5.75 Å². The molecular formula is C17H20BrNO. The molecule has 2 rings (SSSR count). The number of rotatable bonds is 6. The minimum Gasteiger partial charge on any atom is -0.489 e. The number of halogens is 1. The Labute approximate surface area is 129 Å². The largest absolute Gasteiger partial charge is 0.489 e. The third-order valence-electron chi connectivity index (χ3n) is 3.36. The van der Waals surface area contributed by atoms with Crippen molar-refractivity contribution >= 4 is 15.9 Å². The summed E-state index contributed by atoms with van der Waals surface area (Å²) < 4.78 is 6.88. The van der Waals surface area contributed by atoms with Crippen molar-refractivity contribution < 1.29 is 4.74 Å². The van der Waals surface area contributed by atoms with Crippen LogP contribution in [0.25, 0.3) is 0 Å². The second-order valence-electron chi connectivity index (χ2n) is 4.73. The van der Waals surface area contributed by atoms with Crippen molar-refractivity contribution in [3.05, 3.63) is 64.1 Å². The summed E-state index contributed by atoms with van der Waals surface area (Å²) in [5.74, 6) is 0.905. The Bertz CT molecular complexity index is 518. The van der Waals surface area contributed by atoms with Gasteiger partial charge in [-0.05, 0) is 48.9 Å². The first-order valence-electron chi connectivity index (χ1n) is 6.87. The molecule has 2 aromatic carbocycles. The number of nitrogens with one attached hydrogen (secondary N) is 1. The Morgan fingerprint density at radius 3 is 2.25 bits per heavy atom. The molecule has 20 heavy (non-hydrogen) atoms. The third-order valence-corrected chi connectivity index (χ3v) is 3.89. The molecule has 1 N–H and O–H groups in total. The lowest BCUT2D eigenvalue weighted by atomic mass is 10.0. The van der Waals surface area contributed by atoms with Gasteiger partial charge in [-0.2, -0.15) is 0 Å². The fourth-order valence-corrected chi connectivity index (χ4v) is 2.41. The van der Waals surface area contributed by atoms with Crippen LogP contribution in [0.15, 0.2) is 53.0 Å². The van der Waals surface area contributed by atoms with Crippen LogP contribution >= 0.6 is 15.9 Å². The lowest BCUT2D eigenvalue weighted by Gasteiger charge is -2.14. The fraction of sp³-hybridized carbons (Fsp3) is 0.294. The van der Waals surface area contributed by atoms with E-state index in [0.29, 0.717) is 12.6 Å². The van der Waals surface area contributed by atoms with Crippen molar-refractivity contribution in [3.8, 4) is 5.75 Å². The van der Waals surface area contributed by atoms with Crippen LogP contribution in [0.1, 0.15) is 30.5 Å². The van der Waals surface area contributed by atoms with Crippen molar-refractivity contribution in [1.29, 1.82) is 0 Å². The fourth-order valence-electron chi connectivity index (χ4n) is 2.15. The number of hydrogen-bond donors (Lipinski definition) is 1. The molecule has 3 heteroatoms. The van der Waals surface area contributed by atoms with Gasteiger partial charge in [-0.3, -0.25) is 0 Å². The molecule has 1 unspecified atom stereocenters. The average Bonchev–Trinajstić information content (AvgIpc) is 2.49. The van der Waals surface area contributed by atoms with Crippen molar-refractivity contribution in [2.45, 2.75) is 26.0 Å².